The van der Waals surface area contributed by atoms with Gasteiger partial charge in [0.1, 0.15) is 23.7 Å². The molecule has 31 heavy (non-hydrogen) atoms. The summed E-state index contributed by atoms with van der Waals surface area (Å²) in [7, 11) is 0. The van der Waals surface area contributed by atoms with Crippen molar-refractivity contribution in [3.63, 3.8) is 0 Å². The number of aromatic hydroxyl groups is 2. The predicted molar refractivity (Wildman–Crippen MR) is 129 cm³/mol. The molecule has 0 saturated heterocycles. The second-order valence-electron chi connectivity index (χ2n) is 8.78. The van der Waals surface area contributed by atoms with Crippen molar-refractivity contribution in [2.45, 2.75) is 85.9 Å². The number of hydrogen-bond acceptors (Lipinski definition) is 4. The summed E-state index contributed by atoms with van der Waals surface area (Å²) in [6, 6.07) is 3.13. The Morgan fingerprint density at radius 1 is 0.871 bits per heavy atom. The molecule has 0 amide bonds. The number of aryl methyl sites for hydroxylation is 1. The Balaban J connectivity index is 2.58. The summed E-state index contributed by atoms with van der Waals surface area (Å²) in [6.07, 6.45) is 10.0. The van der Waals surface area contributed by atoms with Crippen molar-refractivity contribution in [1.29, 1.82) is 0 Å². The third-order valence-electron chi connectivity index (χ3n) is 5.38. The van der Waals surface area contributed by atoms with Gasteiger partial charge in [0.05, 0.1) is 0 Å². The molecule has 0 spiro atoms. The third kappa shape index (κ3) is 10.0. The number of phenols is 2. The minimum absolute atomic E-state index is 0.156. The average molecular weight is 429 g/mol. The van der Waals surface area contributed by atoms with Crippen LogP contribution in [0.2, 0.25) is 0 Å². The molecule has 4 N–H and O–H groups in total. The molecule has 172 valence electrons. The van der Waals surface area contributed by atoms with Crippen LogP contribution in [-0.4, -0.2) is 32.6 Å². The maximum Gasteiger partial charge on any atom is 0.122 e. The minimum atomic E-state index is -0.907. The average Bonchev–Trinajstić information content (AvgIpc) is 2.68. The molecule has 0 fully saturated rings. The Labute approximate surface area is 188 Å². The zero-order chi connectivity index (χ0) is 23.6. The van der Waals surface area contributed by atoms with E-state index in [2.05, 4.69) is 19.9 Å². The molecule has 0 aromatic heterocycles. The van der Waals surface area contributed by atoms with E-state index in [0.717, 1.165) is 42.4 Å². The van der Waals surface area contributed by atoms with Gasteiger partial charge in [0.15, 0.2) is 0 Å². The van der Waals surface area contributed by atoms with E-state index in [-0.39, 0.29) is 11.5 Å². The summed E-state index contributed by atoms with van der Waals surface area (Å²) >= 11 is 0. The zero-order valence-electron chi connectivity index (χ0n) is 19.9. The van der Waals surface area contributed by atoms with Crippen LogP contribution < -0.4 is 0 Å². The van der Waals surface area contributed by atoms with Crippen molar-refractivity contribution in [2.75, 3.05) is 0 Å². The largest absolute Gasteiger partial charge is 0.508 e. The Kier molecular flexibility index (Phi) is 11.4. The Bertz CT molecular complexity index is 839. The van der Waals surface area contributed by atoms with Crippen LogP contribution in [0.15, 0.2) is 58.7 Å². The molecule has 2 unspecified atom stereocenters. The molecule has 0 heterocycles. The fourth-order valence-corrected chi connectivity index (χ4v) is 3.35. The molecule has 0 aliphatic heterocycles. The fraction of sp³-hybridized carbons (Fsp3) is 0.481. The molecule has 0 aliphatic carbocycles. The summed E-state index contributed by atoms with van der Waals surface area (Å²) < 4.78 is 0. The van der Waals surface area contributed by atoms with Crippen molar-refractivity contribution >= 4 is 0 Å². The maximum absolute atomic E-state index is 10.4. The number of hydrogen-bond donors (Lipinski definition) is 4. The first kappa shape index (κ1) is 26.7. The summed E-state index contributed by atoms with van der Waals surface area (Å²) in [4.78, 5) is 0. The lowest BCUT2D eigenvalue weighted by atomic mass is 9.99. The smallest absolute Gasteiger partial charge is 0.122 e. The number of aliphatic hydroxyl groups excluding tert-OH is 2. The van der Waals surface area contributed by atoms with Crippen molar-refractivity contribution in [3.8, 4) is 11.5 Å². The van der Waals surface area contributed by atoms with Crippen molar-refractivity contribution < 1.29 is 20.4 Å². The molecular weight excluding hydrogens is 388 g/mol. The van der Waals surface area contributed by atoms with E-state index in [9.17, 15) is 20.4 Å². The Hall–Kier alpha value is -2.30. The maximum atomic E-state index is 10.4. The van der Waals surface area contributed by atoms with Crippen molar-refractivity contribution in [1.82, 2.24) is 0 Å². The number of aliphatic hydroxyl groups is 2. The van der Waals surface area contributed by atoms with Crippen LogP contribution in [-0.2, 0) is 6.42 Å². The highest BCUT2D eigenvalue weighted by Gasteiger charge is 2.15. The first-order valence-electron chi connectivity index (χ1n) is 11.0. The van der Waals surface area contributed by atoms with Crippen molar-refractivity contribution in [3.05, 3.63) is 69.9 Å². The summed E-state index contributed by atoms with van der Waals surface area (Å²) in [6.45, 7) is 11.8. The number of allylic oxidation sites excluding steroid dienone is 6. The first-order chi connectivity index (χ1) is 14.5. The second kappa shape index (κ2) is 13.2. The number of rotatable bonds is 11. The van der Waals surface area contributed by atoms with Gasteiger partial charge in [-0.05, 0) is 96.9 Å². The predicted octanol–water partition coefficient (Wildman–Crippen LogP) is 6.04. The van der Waals surface area contributed by atoms with E-state index < -0.39 is 12.2 Å². The lowest BCUT2D eigenvalue weighted by Crippen LogP contribution is -2.25. The van der Waals surface area contributed by atoms with Crippen molar-refractivity contribution in [2.24, 2.45) is 0 Å². The van der Waals surface area contributed by atoms with Crippen LogP contribution >= 0.6 is 0 Å². The Morgan fingerprint density at radius 2 is 1.48 bits per heavy atom. The fourth-order valence-electron chi connectivity index (χ4n) is 3.35. The first-order valence-corrected chi connectivity index (χ1v) is 11.0. The lowest BCUT2D eigenvalue weighted by Gasteiger charge is -2.17. The molecule has 4 nitrogen and oxygen atoms in total. The van der Waals surface area contributed by atoms with Gasteiger partial charge in [-0.2, -0.15) is 0 Å². The Morgan fingerprint density at radius 3 is 2.13 bits per heavy atom. The molecule has 1 rings (SSSR count). The SMILES string of the molecule is CC(C)=CCC/C(C)=C/C(O)C(O)C(C)=CCC/C(C)=C/Cc1cc(O)cc(C)c1O. The van der Waals surface area contributed by atoms with Crippen LogP contribution in [0.25, 0.3) is 0 Å². The van der Waals surface area contributed by atoms with E-state index in [1.54, 1.807) is 25.1 Å². The molecule has 0 bridgehead atoms. The quantitative estimate of drug-likeness (QED) is 0.256. The van der Waals surface area contributed by atoms with Gasteiger partial charge in [0, 0.05) is 5.56 Å². The van der Waals surface area contributed by atoms with Gasteiger partial charge in [0.25, 0.3) is 0 Å². The molecule has 2 atom stereocenters. The standard InChI is InChI=1S/C27H40O4/c1-18(2)9-7-11-20(4)15-25(29)27(31)21(5)12-8-10-19(3)13-14-23-17-24(28)16-22(6)26(23)30/h9,12-13,15-17,25,27-31H,7-8,10-11,14H2,1-6H3/b19-13+,20-15+,21-12?. The van der Waals surface area contributed by atoms with E-state index in [1.807, 2.05) is 32.9 Å². The number of benzene rings is 1. The van der Waals surface area contributed by atoms with E-state index >= 15 is 0 Å². The highest BCUT2D eigenvalue weighted by Crippen LogP contribution is 2.28. The normalized spacial score (nSPS) is 15.0. The molecular formula is C27H40O4. The van der Waals surface area contributed by atoms with Gasteiger partial charge < -0.3 is 20.4 Å². The van der Waals surface area contributed by atoms with Crippen LogP contribution in [0.4, 0.5) is 0 Å². The van der Waals surface area contributed by atoms with Gasteiger partial charge in [0.2, 0.25) is 0 Å². The summed E-state index contributed by atoms with van der Waals surface area (Å²) in [5.74, 6) is 0.377. The molecule has 4 heteroatoms. The van der Waals surface area contributed by atoms with Gasteiger partial charge in [-0.15, -0.1) is 0 Å². The molecule has 0 aliphatic rings. The van der Waals surface area contributed by atoms with Crippen LogP contribution in [0.1, 0.15) is 71.4 Å². The third-order valence-corrected chi connectivity index (χ3v) is 5.38. The lowest BCUT2D eigenvalue weighted by molar-refractivity contribution is 0.0724. The van der Waals surface area contributed by atoms with Crippen LogP contribution in [0, 0.1) is 6.92 Å². The highest BCUT2D eigenvalue weighted by atomic mass is 16.3. The monoisotopic (exact) mass is 428 g/mol. The van der Waals surface area contributed by atoms with Crippen LogP contribution in [0.5, 0.6) is 11.5 Å². The minimum Gasteiger partial charge on any atom is -0.508 e. The molecule has 0 saturated carbocycles. The van der Waals surface area contributed by atoms with Gasteiger partial charge >= 0.3 is 0 Å². The molecule has 1 aromatic rings. The van der Waals surface area contributed by atoms with Gasteiger partial charge in [-0.25, -0.2) is 0 Å². The molecule has 0 radical (unpaired) electrons. The highest BCUT2D eigenvalue weighted by molar-refractivity contribution is 5.46. The van der Waals surface area contributed by atoms with Crippen LogP contribution in [0.3, 0.4) is 0 Å². The summed E-state index contributed by atoms with van der Waals surface area (Å²) in [5, 5.41) is 40.6. The van der Waals surface area contributed by atoms with E-state index in [4.69, 9.17) is 0 Å². The van der Waals surface area contributed by atoms with Gasteiger partial charge in [-0.1, -0.05) is 41.0 Å². The van der Waals surface area contributed by atoms with E-state index in [1.165, 1.54) is 5.57 Å². The van der Waals surface area contributed by atoms with E-state index in [0.29, 0.717) is 17.5 Å². The summed E-state index contributed by atoms with van der Waals surface area (Å²) in [5.41, 5.74) is 5.64. The number of phenolic OH excluding ortho intramolecular Hbond substituents is 2. The zero-order valence-corrected chi connectivity index (χ0v) is 19.9. The van der Waals surface area contributed by atoms with Gasteiger partial charge in [-0.3, -0.25) is 0 Å². The molecule has 1 aromatic carbocycles. The second-order valence-corrected chi connectivity index (χ2v) is 8.78. The topological polar surface area (TPSA) is 80.9 Å².